The van der Waals surface area contributed by atoms with Crippen LogP contribution in [0.3, 0.4) is 0 Å². The van der Waals surface area contributed by atoms with Gasteiger partial charge in [0.2, 0.25) is 5.91 Å². The quantitative estimate of drug-likeness (QED) is 0.342. The summed E-state index contributed by atoms with van der Waals surface area (Å²) in [5, 5.41) is 15.9. The third kappa shape index (κ3) is 5.97. The van der Waals surface area contributed by atoms with Gasteiger partial charge in [-0.2, -0.15) is 0 Å². The zero-order chi connectivity index (χ0) is 22.2. The third-order valence-corrected chi connectivity index (χ3v) is 4.08. The first-order chi connectivity index (χ1) is 14.9. The standard InChI is InChI=1S/C22H18N4O5/c1-23-22(28)20-14-19(12-13-24-20)31-18-9-5-16(6-10-18)25-21(27)11-4-15-2-7-17(8-3-15)26(29)30/h2-14H,1H3,(H,23,28)(H,25,27). The number of nitro groups is 1. The van der Waals surface area contributed by atoms with Gasteiger partial charge in [-0.3, -0.25) is 24.7 Å². The smallest absolute Gasteiger partial charge is 0.269 e. The number of anilines is 1. The number of hydrogen-bond donors (Lipinski definition) is 2. The molecule has 31 heavy (non-hydrogen) atoms. The number of nitrogens with zero attached hydrogens (tertiary/aromatic N) is 2. The molecule has 3 rings (SSSR count). The molecule has 0 saturated heterocycles. The van der Waals surface area contributed by atoms with Gasteiger partial charge in [-0.15, -0.1) is 0 Å². The van der Waals surface area contributed by atoms with E-state index in [1.807, 2.05) is 0 Å². The Hall–Kier alpha value is -4.53. The molecule has 0 fully saturated rings. The van der Waals surface area contributed by atoms with E-state index in [0.29, 0.717) is 22.7 Å². The minimum absolute atomic E-state index is 0.0134. The lowest BCUT2D eigenvalue weighted by Gasteiger charge is -2.08. The zero-order valence-electron chi connectivity index (χ0n) is 16.4. The molecular weight excluding hydrogens is 400 g/mol. The Labute approximate surface area is 177 Å². The summed E-state index contributed by atoms with van der Waals surface area (Å²) in [4.78, 5) is 37.9. The van der Waals surface area contributed by atoms with Crippen molar-refractivity contribution in [2.24, 2.45) is 0 Å². The second-order valence-corrected chi connectivity index (χ2v) is 6.25. The number of amides is 2. The van der Waals surface area contributed by atoms with Crippen molar-refractivity contribution in [3.63, 3.8) is 0 Å². The predicted octanol–water partition coefficient (Wildman–Crippen LogP) is 3.79. The van der Waals surface area contributed by atoms with Gasteiger partial charge in [0.15, 0.2) is 0 Å². The van der Waals surface area contributed by atoms with Crippen molar-refractivity contribution in [3.05, 3.63) is 94.3 Å². The number of rotatable bonds is 7. The molecule has 0 aliphatic carbocycles. The summed E-state index contributed by atoms with van der Waals surface area (Å²) in [5.41, 5.74) is 1.45. The summed E-state index contributed by atoms with van der Waals surface area (Å²) in [5.74, 6) is 0.312. The minimum atomic E-state index is -0.483. The highest BCUT2D eigenvalue weighted by Crippen LogP contribution is 2.23. The molecule has 0 radical (unpaired) electrons. The summed E-state index contributed by atoms with van der Waals surface area (Å²) in [6, 6.07) is 15.7. The Bertz CT molecular complexity index is 1130. The first-order valence-electron chi connectivity index (χ1n) is 9.14. The van der Waals surface area contributed by atoms with Crippen LogP contribution in [0.15, 0.2) is 72.9 Å². The molecule has 0 aliphatic heterocycles. The van der Waals surface area contributed by atoms with Gasteiger partial charge in [0, 0.05) is 43.2 Å². The lowest BCUT2D eigenvalue weighted by Crippen LogP contribution is -2.18. The fourth-order valence-electron chi connectivity index (χ4n) is 2.53. The molecule has 2 aromatic carbocycles. The van der Waals surface area contributed by atoms with Crippen LogP contribution in [-0.4, -0.2) is 28.8 Å². The fraction of sp³-hybridized carbons (Fsp3) is 0.0455. The van der Waals surface area contributed by atoms with Crippen LogP contribution in [0, 0.1) is 10.1 Å². The van der Waals surface area contributed by atoms with E-state index in [1.54, 1.807) is 48.5 Å². The molecule has 9 heteroatoms. The third-order valence-electron chi connectivity index (χ3n) is 4.08. The maximum atomic E-state index is 12.1. The van der Waals surface area contributed by atoms with Crippen molar-refractivity contribution in [1.29, 1.82) is 0 Å². The van der Waals surface area contributed by atoms with Crippen LogP contribution in [0.2, 0.25) is 0 Å². The topological polar surface area (TPSA) is 123 Å². The number of aromatic nitrogens is 1. The van der Waals surface area contributed by atoms with Gasteiger partial charge in [0.05, 0.1) is 4.92 Å². The highest BCUT2D eigenvalue weighted by atomic mass is 16.6. The van der Waals surface area contributed by atoms with E-state index in [4.69, 9.17) is 4.74 Å². The van der Waals surface area contributed by atoms with E-state index >= 15 is 0 Å². The van der Waals surface area contributed by atoms with E-state index in [9.17, 15) is 19.7 Å². The molecule has 3 aromatic rings. The number of hydrogen-bond acceptors (Lipinski definition) is 6. The number of nitrogens with one attached hydrogen (secondary N) is 2. The normalized spacial score (nSPS) is 10.5. The number of ether oxygens (including phenoxy) is 1. The molecule has 0 unspecified atom stereocenters. The van der Waals surface area contributed by atoms with Gasteiger partial charge in [-0.1, -0.05) is 0 Å². The molecule has 1 aromatic heterocycles. The van der Waals surface area contributed by atoms with E-state index in [0.717, 1.165) is 0 Å². The number of pyridine rings is 1. The van der Waals surface area contributed by atoms with E-state index in [1.165, 1.54) is 37.5 Å². The Kier molecular flexibility index (Phi) is 6.69. The lowest BCUT2D eigenvalue weighted by atomic mass is 10.2. The van der Waals surface area contributed by atoms with Crippen LogP contribution in [0.4, 0.5) is 11.4 Å². The predicted molar refractivity (Wildman–Crippen MR) is 115 cm³/mol. The summed E-state index contributed by atoms with van der Waals surface area (Å²) in [7, 11) is 1.52. The highest BCUT2D eigenvalue weighted by molar-refractivity contribution is 6.01. The van der Waals surface area contributed by atoms with E-state index < -0.39 is 4.92 Å². The van der Waals surface area contributed by atoms with E-state index in [2.05, 4.69) is 15.6 Å². The van der Waals surface area contributed by atoms with Crippen molar-refractivity contribution in [2.75, 3.05) is 12.4 Å². The summed E-state index contributed by atoms with van der Waals surface area (Å²) < 4.78 is 5.71. The Balaban J connectivity index is 1.58. The van der Waals surface area contributed by atoms with Crippen LogP contribution >= 0.6 is 0 Å². The van der Waals surface area contributed by atoms with Crippen molar-refractivity contribution in [1.82, 2.24) is 10.3 Å². The molecule has 2 N–H and O–H groups in total. The van der Waals surface area contributed by atoms with Crippen molar-refractivity contribution >= 4 is 29.3 Å². The minimum Gasteiger partial charge on any atom is -0.457 e. The SMILES string of the molecule is CNC(=O)c1cc(Oc2ccc(NC(=O)C=Cc3ccc([N+](=O)[O-])cc3)cc2)ccn1. The van der Waals surface area contributed by atoms with Crippen LogP contribution in [0.25, 0.3) is 6.08 Å². The van der Waals surface area contributed by atoms with Crippen LogP contribution < -0.4 is 15.4 Å². The molecule has 156 valence electrons. The van der Waals surface area contributed by atoms with Crippen molar-refractivity contribution in [3.8, 4) is 11.5 Å². The molecule has 1 heterocycles. The van der Waals surface area contributed by atoms with Gasteiger partial charge in [-0.05, 0) is 54.1 Å². The van der Waals surface area contributed by atoms with Crippen LogP contribution in [0.5, 0.6) is 11.5 Å². The average molecular weight is 418 g/mol. The molecule has 0 aliphatic rings. The lowest BCUT2D eigenvalue weighted by molar-refractivity contribution is -0.384. The summed E-state index contributed by atoms with van der Waals surface area (Å²) in [6.07, 6.45) is 4.37. The first kappa shape index (κ1) is 21.2. The van der Waals surface area contributed by atoms with Gasteiger partial charge >= 0.3 is 0 Å². The maximum absolute atomic E-state index is 12.1. The highest BCUT2D eigenvalue weighted by Gasteiger charge is 2.07. The van der Waals surface area contributed by atoms with Crippen LogP contribution in [0.1, 0.15) is 16.1 Å². The number of carbonyl (C=O) groups is 2. The van der Waals surface area contributed by atoms with Gasteiger partial charge in [0.1, 0.15) is 17.2 Å². The number of benzene rings is 2. The largest absolute Gasteiger partial charge is 0.457 e. The van der Waals surface area contributed by atoms with Crippen molar-refractivity contribution in [2.45, 2.75) is 0 Å². The number of carbonyl (C=O) groups excluding carboxylic acids is 2. The molecule has 2 amide bonds. The Morgan fingerprint density at radius 3 is 2.39 bits per heavy atom. The Morgan fingerprint density at radius 1 is 1.03 bits per heavy atom. The zero-order valence-corrected chi connectivity index (χ0v) is 16.4. The van der Waals surface area contributed by atoms with Crippen LogP contribution in [-0.2, 0) is 4.79 Å². The summed E-state index contributed by atoms with van der Waals surface area (Å²) >= 11 is 0. The first-order valence-corrected chi connectivity index (χ1v) is 9.14. The van der Waals surface area contributed by atoms with Gasteiger partial charge in [-0.25, -0.2) is 0 Å². The monoisotopic (exact) mass is 418 g/mol. The fourth-order valence-corrected chi connectivity index (χ4v) is 2.53. The van der Waals surface area contributed by atoms with E-state index in [-0.39, 0.29) is 23.2 Å². The van der Waals surface area contributed by atoms with Crippen molar-refractivity contribution < 1.29 is 19.2 Å². The maximum Gasteiger partial charge on any atom is 0.269 e. The average Bonchev–Trinajstić information content (AvgIpc) is 2.79. The molecule has 0 bridgehead atoms. The molecular formula is C22H18N4O5. The second-order valence-electron chi connectivity index (χ2n) is 6.25. The molecule has 9 nitrogen and oxygen atoms in total. The number of nitro benzene ring substituents is 1. The van der Waals surface area contributed by atoms with Gasteiger partial charge in [0.25, 0.3) is 11.6 Å². The molecule has 0 atom stereocenters. The Morgan fingerprint density at radius 2 is 1.74 bits per heavy atom. The second kappa shape index (κ2) is 9.79. The van der Waals surface area contributed by atoms with Gasteiger partial charge < -0.3 is 15.4 Å². The summed E-state index contributed by atoms with van der Waals surface area (Å²) in [6.45, 7) is 0. The molecule has 0 saturated carbocycles. The molecule has 0 spiro atoms. The number of non-ortho nitro benzene ring substituents is 1.